The van der Waals surface area contributed by atoms with Crippen LogP contribution >= 0.6 is 24.0 Å². The first-order valence-corrected chi connectivity index (χ1v) is 12.2. The second-order valence-corrected chi connectivity index (χ2v) is 9.92. The first-order chi connectivity index (χ1) is 17.4. The lowest BCUT2D eigenvalue weighted by molar-refractivity contribution is -0.143. The molecule has 0 atom stereocenters. The van der Waals surface area contributed by atoms with Crippen molar-refractivity contribution < 1.29 is 40.6 Å². The van der Waals surface area contributed by atoms with Gasteiger partial charge >= 0.3 is 12.4 Å². The van der Waals surface area contributed by atoms with Crippen LogP contribution in [0.2, 0.25) is 0 Å². The van der Waals surface area contributed by atoms with Crippen molar-refractivity contribution in [3.63, 3.8) is 0 Å². The van der Waals surface area contributed by atoms with Crippen LogP contribution in [0.4, 0.5) is 26.3 Å². The number of nitrogens with zero attached hydrogens (tertiary/aromatic N) is 1. The molecule has 0 spiro atoms. The van der Waals surface area contributed by atoms with Gasteiger partial charge in [0.2, 0.25) is 0 Å². The zero-order valence-corrected chi connectivity index (χ0v) is 20.7. The quantitative estimate of drug-likeness (QED) is 0.282. The number of carbonyl (C=O) groups is 1. The van der Waals surface area contributed by atoms with Gasteiger partial charge in [-0.05, 0) is 47.5 Å². The highest BCUT2D eigenvalue weighted by molar-refractivity contribution is 8.26. The Kier molecular flexibility index (Phi) is 8.17. The number of nitrogens with one attached hydrogen (secondary N) is 1. The summed E-state index contributed by atoms with van der Waals surface area (Å²) >= 11 is 5.99. The highest BCUT2D eigenvalue weighted by Crippen LogP contribution is 2.40. The number of rotatable bonds is 6. The van der Waals surface area contributed by atoms with Gasteiger partial charge in [-0.3, -0.25) is 9.69 Å². The third kappa shape index (κ3) is 7.03. The van der Waals surface area contributed by atoms with Crippen LogP contribution in [0.3, 0.4) is 0 Å². The van der Waals surface area contributed by atoms with Crippen molar-refractivity contribution in [3.05, 3.63) is 58.0 Å². The summed E-state index contributed by atoms with van der Waals surface area (Å²) in [5.41, 5.74) is -2.71. The zero-order chi connectivity index (χ0) is 26.8. The van der Waals surface area contributed by atoms with Crippen molar-refractivity contribution in [1.82, 2.24) is 10.2 Å². The summed E-state index contributed by atoms with van der Waals surface area (Å²) in [5, 5.41) is 2.47. The van der Waals surface area contributed by atoms with Crippen molar-refractivity contribution in [3.8, 4) is 16.9 Å². The van der Waals surface area contributed by atoms with Crippen molar-refractivity contribution in [2.75, 3.05) is 39.5 Å². The third-order valence-corrected chi connectivity index (χ3v) is 6.79. The lowest BCUT2D eigenvalue weighted by Crippen LogP contribution is -2.38. The minimum absolute atomic E-state index is 0.0793. The number of carbonyl (C=O) groups excluding carboxylic acids is 1. The van der Waals surface area contributed by atoms with Crippen LogP contribution < -0.4 is 10.1 Å². The molecule has 2 aliphatic heterocycles. The Labute approximate surface area is 217 Å². The smallest absolute Gasteiger partial charge is 0.416 e. The Balaban J connectivity index is 1.71. The Morgan fingerprint density at radius 2 is 1.65 bits per heavy atom. The Morgan fingerprint density at radius 1 is 1.00 bits per heavy atom. The van der Waals surface area contributed by atoms with Crippen LogP contribution in [-0.4, -0.2) is 54.6 Å². The maximum atomic E-state index is 13.4. The van der Waals surface area contributed by atoms with Crippen LogP contribution in [0.5, 0.6) is 5.75 Å². The topological polar surface area (TPSA) is 50.8 Å². The molecule has 0 radical (unpaired) electrons. The molecule has 0 bridgehead atoms. The van der Waals surface area contributed by atoms with Gasteiger partial charge in [-0.2, -0.15) is 26.3 Å². The van der Waals surface area contributed by atoms with E-state index >= 15 is 0 Å². The molecule has 2 saturated heterocycles. The summed E-state index contributed by atoms with van der Waals surface area (Å²) in [5.74, 6) is -0.142. The fourth-order valence-electron chi connectivity index (χ4n) is 3.77. The van der Waals surface area contributed by atoms with Gasteiger partial charge in [-0.1, -0.05) is 30.0 Å². The van der Waals surface area contributed by atoms with Crippen molar-refractivity contribution >= 4 is 40.3 Å². The number of morpholine rings is 1. The number of hydrogen-bond donors (Lipinski definition) is 1. The molecule has 198 valence electrons. The number of alkyl halides is 6. The third-order valence-electron chi connectivity index (χ3n) is 5.63. The molecule has 5 nitrogen and oxygen atoms in total. The van der Waals surface area contributed by atoms with Gasteiger partial charge in [-0.25, -0.2) is 0 Å². The molecule has 0 saturated carbocycles. The first-order valence-electron chi connectivity index (χ1n) is 11.0. The molecule has 2 fully saturated rings. The zero-order valence-electron chi connectivity index (χ0n) is 19.0. The van der Waals surface area contributed by atoms with E-state index in [4.69, 9.17) is 21.7 Å². The summed E-state index contributed by atoms with van der Waals surface area (Å²) < 4.78 is 91.7. The van der Waals surface area contributed by atoms with E-state index in [1.54, 1.807) is 0 Å². The number of benzene rings is 2. The summed E-state index contributed by atoms with van der Waals surface area (Å²) in [4.78, 5) is 14.5. The minimum atomic E-state index is -4.97. The second-order valence-electron chi connectivity index (χ2n) is 8.20. The molecule has 0 unspecified atom stereocenters. The molecular weight excluding hydrogens is 542 g/mol. The molecule has 1 N–H and O–H groups in total. The molecule has 4 rings (SSSR count). The number of thioether (sulfide) groups is 1. The average Bonchev–Trinajstić information content (AvgIpc) is 3.15. The van der Waals surface area contributed by atoms with E-state index in [9.17, 15) is 31.1 Å². The van der Waals surface area contributed by atoms with E-state index in [-0.39, 0.29) is 33.0 Å². The lowest BCUT2D eigenvalue weighted by atomic mass is 9.97. The maximum Gasteiger partial charge on any atom is 0.416 e. The number of halogens is 6. The van der Waals surface area contributed by atoms with Gasteiger partial charge in [-0.15, -0.1) is 0 Å². The van der Waals surface area contributed by atoms with Gasteiger partial charge in [0, 0.05) is 25.2 Å². The first kappa shape index (κ1) is 27.4. The van der Waals surface area contributed by atoms with E-state index < -0.39 is 29.4 Å². The van der Waals surface area contributed by atoms with Crippen LogP contribution in [0.25, 0.3) is 17.2 Å². The number of thiocarbonyl (C=S) groups is 1. The fraction of sp³-hybridized carbons (Fsp3) is 0.333. The highest BCUT2D eigenvalue weighted by atomic mass is 32.2. The van der Waals surface area contributed by atoms with Crippen molar-refractivity contribution in [2.24, 2.45) is 0 Å². The van der Waals surface area contributed by atoms with E-state index in [1.807, 2.05) is 0 Å². The molecule has 13 heteroatoms. The molecule has 2 heterocycles. The predicted molar refractivity (Wildman–Crippen MR) is 131 cm³/mol. The lowest BCUT2D eigenvalue weighted by Gasteiger charge is -2.26. The molecule has 2 aliphatic rings. The molecule has 0 aliphatic carbocycles. The molecule has 2 aromatic carbocycles. The molecule has 1 amide bonds. The molecular formula is C24H20F6N2O3S2. The largest absolute Gasteiger partial charge is 0.492 e. The van der Waals surface area contributed by atoms with Gasteiger partial charge in [0.05, 0.1) is 29.2 Å². The van der Waals surface area contributed by atoms with Gasteiger partial charge < -0.3 is 14.8 Å². The maximum absolute atomic E-state index is 13.4. The summed E-state index contributed by atoms with van der Waals surface area (Å²) in [7, 11) is 0. The second kappa shape index (κ2) is 11.0. The standard InChI is InChI=1S/C24H20F6N2O3S2/c25-23(26,27)17-10-15(11-18(13-17)24(28,29)30)14-1-2-19(35-8-5-32-3-6-34-7-4-32)16(9-14)12-20-21(33)31-22(36)37-20/h1-2,9-13H,3-8H2,(H,31,33,36). The van der Waals surface area contributed by atoms with Crippen molar-refractivity contribution in [1.29, 1.82) is 0 Å². The van der Waals surface area contributed by atoms with Crippen LogP contribution in [-0.2, 0) is 21.9 Å². The van der Waals surface area contributed by atoms with E-state index in [1.165, 1.54) is 24.3 Å². The van der Waals surface area contributed by atoms with Crippen LogP contribution in [0, 0.1) is 0 Å². The van der Waals surface area contributed by atoms with Gasteiger partial charge in [0.25, 0.3) is 5.91 Å². The summed E-state index contributed by atoms with van der Waals surface area (Å²) in [6, 6.07) is 5.63. The number of hydrogen-bond acceptors (Lipinski definition) is 6. The van der Waals surface area contributed by atoms with E-state index in [0.29, 0.717) is 43.2 Å². The SMILES string of the molecule is O=C1NC(=S)SC1=Cc1cc(-c2cc(C(F)(F)F)cc(C(F)(F)F)c2)ccc1OCCN1CCOCC1. The monoisotopic (exact) mass is 562 g/mol. The van der Waals surface area contributed by atoms with Crippen molar-refractivity contribution in [2.45, 2.75) is 12.4 Å². The predicted octanol–water partition coefficient (Wildman–Crippen LogP) is 5.59. The average molecular weight is 563 g/mol. The van der Waals surface area contributed by atoms with E-state index in [0.717, 1.165) is 24.9 Å². The molecule has 37 heavy (non-hydrogen) atoms. The Morgan fingerprint density at radius 3 is 2.22 bits per heavy atom. The van der Waals surface area contributed by atoms with Crippen LogP contribution in [0.1, 0.15) is 16.7 Å². The van der Waals surface area contributed by atoms with Gasteiger partial charge in [0.15, 0.2) is 0 Å². The molecule has 2 aromatic rings. The minimum Gasteiger partial charge on any atom is -0.492 e. The van der Waals surface area contributed by atoms with Gasteiger partial charge in [0.1, 0.15) is 16.7 Å². The normalized spacial score (nSPS) is 18.4. The molecule has 0 aromatic heterocycles. The summed E-state index contributed by atoms with van der Waals surface area (Å²) in [6.45, 7) is 3.55. The van der Waals surface area contributed by atoms with Crippen LogP contribution in [0.15, 0.2) is 41.3 Å². The highest BCUT2D eigenvalue weighted by Gasteiger charge is 2.37. The number of ether oxygens (including phenoxy) is 2. The Hall–Kier alpha value is -2.61. The fourth-order valence-corrected chi connectivity index (χ4v) is 4.80. The summed E-state index contributed by atoms with van der Waals surface area (Å²) in [6.07, 6.45) is -8.50. The number of amides is 1. The Bertz CT molecular complexity index is 1190. The van der Waals surface area contributed by atoms with E-state index in [2.05, 4.69) is 10.2 Å².